The molecule has 72 valence electrons. The Morgan fingerprint density at radius 2 is 2.23 bits per heavy atom. The molecule has 1 N–H and O–H groups in total. The molecule has 0 amide bonds. The van der Waals surface area contributed by atoms with Crippen LogP contribution in [-0.2, 0) is 13.0 Å². The molecule has 0 saturated heterocycles. The van der Waals surface area contributed by atoms with Crippen LogP contribution in [0.4, 0.5) is 0 Å². The minimum atomic E-state index is -1.02. The molecule has 1 aromatic rings. The van der Waals surface area contributed by atoms with Crippen LogP contribution in [0.15, 0.2) is 0 Å². The molecule has 0 aliphatic carbocycles. The van der Waals surface area contributed by atoms with Crippen molar-refractivity contribution in [3.8, 4) is 0 Å². The Balaban J connectivity index is 3.27. The zero-order valence-corrected chi connectivity index (χ0v) is 8.30. The predicted molar refractivity (Wildman–Crippen MR) is 49.2 cm³/mol. The van der Waals surface area contributed by atoms with Crippen LogP contribution in [0.3, 0.4) is 0 Å². The van der Waals surface area contributed by atoms with Gasteiger partial charge >= 0.3 is 5.97 Å². The number of aromatic nitrogens is 2. The van der Waals surface area contributed by atoms with E-state index in [-0.39, 0.29) is 5.69 Å². The quantitative estimate of drug-likeness (QED) is 0.814. The lowest BCUT2D eigenvalue weighted by atomic mass is 10.2. The molecule has 4 nitrogen and oxygen atoms in total. The molecule has 1 heterocycles. The van der Waals surface area contributed by atoms with Gasteiger partial charge in [0.25, 0.3) is 0 Å². The van der Waals surface area contributed by atoms with Crippen molar-refractivity contribution in [3.05, 3.63) is 16.4 Å². The molecule has 0 aliphatic rings. The molecule has 1 aromatic heterocycles. The number of halogens is 1. The van der Waals surface area contributed by atoms with E-state index in [0.29, 0.717) is 23.7 Å². The fraction of sp³-hybridized carbons (Fsp3) is 0.500. The summed E-state index contributed by atoms with van der Waals surface area (Å²) in [7, 11) is 0. The second-order valence-corrected chi connectivity index (χ2v) is 2.95. The lowest BCUT2D eigenvalue weighted by Crippen LogP contribution is -2.02. The molecule has 0 radical (unpaired) electrons. The number of carbonyl (C=O) groups is 1. The van der Waals surface area contributed by atoms with Gasteiger partial charge in [-0.25, -0.2) is 4.79 Å². The SMILES string of the molecule is CCc1c(C(=O)O)nn(CC)c1Cl. The van der Waals surface area contributed by atoms with E-state index in [4.69, 9.17) is 16.7 Å². The molecule has 1 rings (SSSR count). The maximum absolute atomic E-state index is 10.7. The van der Waals surface area contributed by atoms with Crippen molar-refractivity contribution >= 4 is 17.6 Å². The molecule has 0 aliphatic heterocycles. The zero-order chi connectivity index (χ0) is 10.0. The molecular formula is C8H11ClN2O2. The van der Waals surface area contributed by atoms with Crippen LogP contribution in [0.1, 0.15) is 29.9 Å². The molecule has 0 aromatic carbocycles. The van der Waals surface area contributed by atoms with E-state index in [0.717, 1.165) is 0 Å². The Kier molecular flexibility index (Phi) is 2.93. The molecule has 0 fully saturated rings. The molecule has 0 spiro atoms. The van der Waals surface area contributed by atoms with Crippen molar-refractivity contribution in [3.63, 3.8) is 0 Å². The van der Waals surface area contributed by atoms with Crippen molar-refractivity contribution in [2.24, 2.45) is 0 Å². The summed E-state index contributed by atoms with van der Waals surface area (Å²) < 4.78 is 1.49. The third kappa shape index (κ3) is 1.67. The number of carboxylic acid groups (broad SMARTS) is 1. The summed E-state index contributed by atoms with van der Waals surface area (Å²) >= 11 is 5.91. The third-order valence-corrected chi connectivity index (χ3v) is 2.26. The lowest BCUT2D eigenvalue weighted by molar-refractivity contribution is 0.0688. The van der Waals surface area contributed by atoms with Crippen molar-refractivity contribution in [2.45, 2.75) is 26.8 Å². The van der Waals surface area contributed by atoms with E-state index in [2.05, 4.69) is 5.10 Å². The van der Waals surface area contributed by atoms with Gasteiger partial charge < -0.3 is 5.11 Å². The highest BCUT2D eigenvalue weighted by atomic mass is 35.5. The zero-order valence-electron chi connectivity index (χ0n) is 7.54. The van der Waals surface area contributed by atoms with Gasteiger partial charge in [0, 0.05) is 12.1 Å². The molecule has 0 atom stereocenters. The summed E-state index contributed by atoms with van der Waals surface area (Å²) in [5.41, 5.74) is 0.672. The smallest absolute Gasteiger partial charge is 0.356 e. The topological polar surface area (TPSA) is 55.1 Å². The van der Waals surface area contributed by atoms with Gasteiger partial charge in [0.15, 0.2) is 5.69 Å². The van der Waals surface area contributed by atoms with E-state index in [1.807, 2.05) is 13.8 Å². The van der Waals surface area contributed by atoms with Crippen LogP contribution >= 0.6 is 11.6 Å². The number of aryl methyl sites for hydroxylation is 1. The average Bonchev–Trinajstić information content (AvgIpc) is 2.42. The highest BCUT2D eigenvalue weighted by Gasteiger charge is 2.18. The molecular weight excluding hydrogens is 192 g/mol. The standard InChI is InChI=1S/C8H11ClN2O2/c1-3-5-6(8(12)13)10-11(4-2)7(5)9/h3-4H2,1-2H3,(H,12,13). The van der Waals surface area contributed by atoms with E-state index >= 15 is 0 Å². The Bertz CT molecular complexity index is 333. The minimum absolute atomic E-state index is 0.0642. The second-order valence-electron chi connectivity index (χ2n) is 2.59. The van der Waals surface area contributed by atoms with Crippen LogP contribution in [0.25, 0.3) is 0 Å². The molecule has 5 heteroatoms. The van der Waals surface area contributed by atoms with Gasteiger partial charge in [-0.05, 0) is 13.3 Å². The van der Waals surface area contributed by atoms with Crippen LogP contribution in [0, 0.1) is 0 Å². The van der Waals surface area contributed by atoms with Crippen molar-refractivity contribution in [1.82, 2.24) is 9.78 Å². The average molecular weight is 203 g/mol. The third-order valence-electron chi connectivity index (χ3n) is 1.84. The Hall–Kier alpha value is -1.03. The summed E-state index contributed by atoms with van der Waals surface area (Å²) in [5, 5.41) is 13.1. The maximum atomic E-state index is 10.7. The highest BCUT2D eigenvalue weighted by Crippen LogP contribution is 2.20. The number of rotatable bonds is 3. The van der Waals surface area contributed by atoms with Gasteiger partial charge in [-0.3, -0.25) is 4.68 Å². The minimum Gasteiger partial charge on any atom is -0.476 e. The van der Waals surface area contributed by atoms with Crippen molar-refractivity contribution in [1.29, 1.82) is 0 Å². The Morgan fingerprint density at radius 1 is 1.62 bits per heavy atom. The summed E-state index contributed by atoms with van der Waals surface area (Å²) in [5.74, 6) is -1.02. The normalized spacial score (nSPS) is 10.4. The van der Waals surface area contributed by atoms with Gasteiger partial charge in [0.2, 0.25) is 0 Å². The molecule has 0 saturated carbocycles. The summed E-state index contributed by atoms with van der Waals surface area (Å²) in [6, 6.07) is 0. The monoisotopic (exact) mass is 202 g/mol. The number of carboxylic acids is 1. The van der Waals surface area contributed by atoms with E-state index in [1.165, 1.54) is 4.68 Å². The van der Waals surface area contributed by atoms with E-state index in [1.54, 1.807) is 0 Å². The number of hydrogen-bond acceptors (Lipinski definition) is 2. The summed E-state index contributed by atoms with van der Waals surface area (Å²) in [6.45, 7) is 4.30. The number of aromatic carboxylic acids is 1. The lowest BCUT2D eigenvalue weighted by Gasteiger charge is -1.96. The first-order valence-electron chi connectivity index (χ1n) is 4.10. The van der Waals surface area contributed by atoms with Gasteiger partial charge in [0.05, 0.1) is 0 Å². The van der Waals surface area contributed by atoms with Gasteiger partial charge in [0.1, 0.15) is 5.15 Å². The van der Waals surface area contributed by atoms with Gasteiger partial charge in [-0.15, -0.1) is 0 Å². The Labute approximate surface area is 81.1 Å². The predicted octanol–water partition coefficient (Wildman–Crippen LogP) is 1.82. The first-order chi connectivity index (χ1) is 6.11. The van der Waals surface area contributed by atoms with Crippen LogP contribution < -0.4 is 0 Å². The second kappa shape index (κ2) is 3.79. The highest BCUT2D eigenvalue weighted by molar-refractivity contribution is 6.30. The fourth-order valence-corrected chi connectivity index (χ4v) is 1.55. The maximum Gasteiger partial charge on any atom is 0.356 e. The summed E-state index contributed by atoms with van der Waals surface area (Å²) in [6.07, 6.45) is 0.584. The summed E-state index contributed by atoms with van der Waals surface area (Å²) in [4.78, 5) is 10.7. The fourth-order valence-electron chi connectivity index (χ4n) is 1.17. The van der Waals surface area contributed by atoms with E-state index in [9.17, 15) is 4.79 Å². The van der Waals surface area contributed by atoms with Gasteiger partial charge in [-0.2, -0.15) is 5.10 Å². The van der Waals surface area contributed by atoms with Crippen LogP contribution in [-0.4, -0.2) is 20.9 Å². The largest absolute Gasteiger partial charge is 0.476 e. The van der Waals surface area contributed by atoms with Crippen molar-refractivity contribution in [2.75, 3.05) is 0 Å². The van der Waals surface area contributed by atoms with Crippen LogP contribution in [0.2, 0.25) is 5.15 Å². The van der Waals surface area contributed by atoms with Gasteiger partial charge in [-0.1, -0.05) is 18.5 Å². The number of hydrogen-bond donors (Lipinski definition) is 1. The first kappa shape index (κ1) is 10.1. The Morgan fingerprint density at radius 3 is 2.54 bits per heavy atom. The number of nitrogens with zero attached hydrogens (tertiary/aromatic N) is 2. The first-order valence-corrected chi connectivity index (χ1v) is 4.48. The van der Waals surface area contributed by atoms with Crippen molar-refractivity contribution < 1.29 is 9.90 Å². The molecule has 0 unspecified atom stereocenters. The molecule has 0 bridgehead atoms. The van der Waals surface area contributed by atoms with E-state index < -0.39 is 5.97 Å². The molecule has 13 heavy (non-hydrogen) atoms. The van der Waals surface area contributed by atoms with Crippen LogP contribution in [0.5, 0.6) is 0 Å².